The number of hydrogen-bond donors (Lipinski definition) is 1. The van der Waals surface area contributed by atoms with Crippen LogP contribution in [0, 0.1) is 0 Å². The third-order valence-electron chi connectivity index (χ3n) is 3.76. The highest BCUT2D eigenvalue weighted by molar-refractivity contribution is 5.98. The average Bonchev–Trinajstić information content (AvgIpc) is 2.61. The second-order valence-electron chi connectivity index (χ2n) is 5.27. The van der Waals surface area contributed by atoms with Crippen molar-refractivity contribution in [2.75, 3.05) is 14.2 Å². The molecule has 1 N–H and O–H groups in total. The van der Waals surface area contributed by atoms with Gasteiger partial charge in [0.2, 0.25) is 0 Å². The molecule has 0 bridgehead atoms. The molecule has 0 aliphatic heterocycles. The Bertz CT molecular complexity index is 664. The topological polar surface area (TPSA) is 42.9 Å². The van der Waals surface area contributed by atoms with E-state index < -0.39 is 0 Å². The van der Waals surface area contributed by atoms with Crippen LogP contribution in [0.25, 0.3) is 0 Å². The Morgan fingerprint density at radius 2 is 1.61 bits per heavy atom. The lowest BCUT2D eigenvalue weighted by Crippen LogP contribution is -2.09. The molecule has 0 unspecified atom stereocenters. The zero-order valence-electron chi connectivity index (χ0n) is 14.2. The highest BCUT2D eigenvalue weighted by Crippen LogP contribution is 2.27. The molecule has 23 heavy (non-hydrogen) atoms. The average molecular weight is 312 g/mol. The SMILES string of the molecule is CCc1ccc(/C(C)=N\NCc2ccc(OC)c(OC)c2)cc1. The van der Waals surface area contributed by atoms with Gasteiger partial charge in [-0.1, -0.05) is 37.3 Å². The quantitative estimate of drug-likeness (QED) is 0.625. The molecule has 0 spiro atoms. The van der Waals surface area contributed by atoms with Crippen molar-refractivity contribution in [2.45, 2.75) is 26.8 Å². The summed E-state index contributed by atoms with van der Waals surface area (Å²) in [6.07, 6.45) is 1.05. The fourth-order valence-electron chi connectivity index (χ4n) is 2.29. The summed E-state index contributed by atoms with van der Waals surface area (Å²) in [5.41, 5.74) is 7.62. The third kappa shape index (κ3) is 4.49. The normalized spacial score (nSPS) is 11.2. The van der Waals surface area contributed by atoms with E-state index in [1.807, 2.05) is 25.1 Å². The summed E-state index contributed by atoms with van der Waals surface area (Å²) >= 11 is 0. The molecule has 0 amide bonds. The van der Waals surface area contributed by atoms with Crippen LogP contribution in [-0.2, 0) is 13.0 Å². The largest absolute Gasteiger partial charge is 0.493 e. The summed E-state index contributed by atoms with van der Waals surface area (Å²) in [6.45, 7) is 4.79. The monoisotopic (exact) mass is 312 g/mol. The number of nitrogens with zero attached hydrogens (tertiary/aromatic N) is 1. The predicted octanol–water partition coefficient (Wildman–Crippen LogP) is 3.78. The molecular weight excluding hydrogens is 288 g/mol. The molecular formula is C19H24N2O2. The first kappa shape index (κ1) is 16.9. The van der Waals surface area contributed by atoms with Gasteiger partial charge in [0.25, 0.3) is 0 Å². The Labute approximate surface area is 138 Å². The van der Waals surface area contributed by atoms with Crippen LogP contribution in [0.3, 0.4) is 0 Å². The van der Waals surface area contributed by atoms with Crippen LogP contribution < -0.4 is 14.9 Å². The molecule has 2 rings (SSSR count). The van der Waals surface area contributed by atoms with Gasteiger partial charge in [0.1, 0.15) is 0 Å². The van der Waals surface area contributed by atoms with E-state index in [9.17, 15) is 0 Å². The summed E-state index contributed by atoms with van der Waals surface area (Å²) in [7, 11) is 3.27. The Hall–Kier alpha value is -2.49. The lowest BCUT2D eigenvalue weighted by molar-refractivity contribution is 0.354. The smallest absolute Gasteiger partial charge is 0.161 e. The van der Waals surface area contributed by atoms with E-state index in [1.165, 1.54) is 5.56 Å². The van der Waals surface area contributed by atoms with Crippen molar-refractivity contribution in [1.29, 1.82) is 0 Å². The zero-order chi connectivity index (χ0) is 16.7. The number of hydrogen-bond acceptors (Lipinski definition) is 4. The Morgan fingerprint density at radius 1 is 0.957 bits per heavy atom. The van der Waals surface area contributed by atoms with Gasteiger partial charge in [0.15, 0.2) is 11.5 Å². The van der Waals surface area contributed by atoms with Gasteiger partial charge in [-0.3, -0.25) is 0 Å². The van der Waals surface area contributed by atoms with E-state index in [0.29, 0.717) is 6.54 Å². The molecule has 0 aromatic heterocycles. The standard InChI is InChI=1S/C19H24N2O2/c1-5-15-6-9-17(10-7-15)14(2)21-20-13-16-8-11-18(22-3)19(12-16)23-4/h6-12,20H,5,13H2,1-4H3/b21-14-. The summed E-state index contributed by atoms with van der Waals surface area (Å²) in [5.74, 6) is 1.45. The Balaban J connectivity index is 1.99. The van der Waals surface area contributed by atoms with E-state index in [1.54, 1.807) is 14.2 Å². The predicted molar refractivity (Wildman–Crippen MR) is 94.4 cm³/mol. The van der Waals surface area contributed by atoms with E-state index in [4.69, 9.17) is 9.47 Å². The van der Waals surface area contributed by atoms with E-state index in [0.717, 1.165) is 34.8 Å². The van der Waals surface area contributed by atoms with Gasteiger partial charge in [0.05, 0.1) is 26.5 Å². The first-order valence-corrected chi connectivity index (χ1v) is 7.75. The maximum Gasteiger partial charge on any atom is 0.161 e. The van der Waals surface area contributed by atoms with Gasteiger partial charge in [-0.2, -0.15) is 5.10 Å². The van der Waals surface area contributed by atoms with Crippen LogP contribution in [-0.4, -0.2) is 19.9 Å². The first-order chi connectivity index (χ1) is 11.2. The molecule has 0 saturated carbocycles. The highest BCUT2D eigenvalue weighted by atomic mass is 16.5. The van der Waals surface area contributed by atoms with Crippen molar-refractivity contribution < 1.29 is 9.47 Å². The molecule has 0 aliphatic carbocycles. The maximum atomic E-state index is 5.31. The molecule has 0 fully saturated rings. The fraction of sp³-hybridized carbons (Fsp3) is 0.316. The van der Waals surface area contributed by atoms with Crippen molar-refractivity contribution in [3.8, 4) is 11.5 Å². The lowest BCUT2D eigenvalue weighted by Gasteiger charge is -2.10. The Kier molecular flexibility index (Phi) is 6.03. The molecule has 0 saturated heterocycles. The van der Waals surface area contributed by atoms with Gasteiger partial charge < -0.3 is 14.9 Å². The maximum absolute atomic E-state index is 5.31. The number of hydrazone groups is 1. The summed E-state index contributed by atoms with van der Waals surface area (Å²) in [6, 6.07) is 14.3. The number of ether oxygens (including phenoxy) is 2. The summed E-state index contributed by atoms with van der Waals surface area (Å²) < 4.78 is 10.5. The van der Waals surface area contributed by atoms with Crippen LogP contribution in [0.5, 0.6) is 11.5 Å². The van der Waals surface area contributed by atoms with Crippen molar-refractivity contribution >= 4 is 5.71 Å². The van der Waals surface area contributed by atoms with Crippen LogP contribution >= 0.6 is 0 Å². The summed E-state index contributed by atoms with van der Waals surface area (Å²) in [5, 5.41) is 4.44. The van der Waals surface area contributed by atoms with Crippen molar-refractivity contribution in [3.63, 3.8) is 0 Å². The number of rotatable bonds is 7. The third-order valence-corrected chi connectivity index (χ3v) is 3.76. The molecule has 4 heteroatoms. The van der Waals surface area contributed by atoms with E-state index in [2.05, 4.69) is 41.7 Å². The number of methoxy groups -OCH3 is 2. The molecule has 0 atom stereocenters. The number of nitrogens with one attached hydrogen (secondary N) is 1. The number of benzene rings is 2. The minimum absolute atomic E-state index is 0.630. The van der Waals surface area contributed by atoms with Crippen LogP contribution in [0.4, 0.5) is 0 Å². The van der Waals surface area contributed by atoms with Gasteiger partial charge in [-0.15, -0.1) is 0 Å². The van der Waals surface area contributed by atoms with Crippen LogP contribution in [0.2, 0.25) is 0 Å². The van der Waals surface area contributed by atoms with Gasteiger partial charge >= 0.3 is 0 Å². The van der Waals surface area contributed by atoms with Crippen molar-refractivity contribution in [1.82, 2.24) is 5.43 Å². The molecule has 0 heterocycles. The molecule has 0 radical (unpaired) electrons. The van der Waals surface area contributed by atoms with Gasteiger partial charge in [-0.25, -0.2) is 0 Å². The lowest BCUT2D eigenvalue weighted by atomic mass is 10.1. The minimum Gasteiger partial charge on any atom is -0.493 e. The van der Waals surface area contributed by atoms with Crippen molar-refractivity contribution in [2.24, 2.45) is 5.10 Å². The van der Waals surface area contributed by atoms with Crippen molar-refractivity contribution in [3.05, 3.63) is 59.2 Å². The molecule has 0 aliphatic rings. The molecule has 2 aromatic rings. The molecule has 2 aromatic carbocycles. The van der Waals surface area contributed by atoms with Gasteiger partial charge in [-0.05, 0) is 42.2 Å². The van der Waals surface area contributed by atoms with Gasteiger partial charge in [0, 0.05) is 0 Å². The fourth-order valence-corrected chi connectivity index (χ4v) is 2.29. The number of aryl methyl sites for hydroxylation is 1. The van der Waals surface area contributed by atoms with Crippen LogP contribution in [0.15, 0.2) is 47.6 Å². The highest BCUT2D eigenvalue weighted by Gasteiger charge is 2.04. The van der Waals surface area contributed by atoms with E-state index >= 15 is 0 Å². The zero-order valence-corrected chi connectivity index (χ0v) is 14.2. The summed E-state index contributed by atoms with van der Waals surface area (Å²) in [4.78, 5) is 0. The first-order valence-electron chi connectivity index (χ1n) is 7.75. The second-order valence-corrected chi connectivity index (χ2v) is 5.27. The minimum atomic E-state index is 0.630. The molecule has 122 valence electrons. The second kappa shape index (κ2) is 8.22. The molecule has 4 nitrogen and oxygen atoms in total. The van der Waals surface area contributed by atoms with Crippen LogP contribution in [0.1, 0.15) is 30.5 Å². The Morgan fingerprint density at radius 3 is 2.22 bits per heavy atom. The van der Waals surface area contributed by atoms with E-state index in [-0.39, 0.29) is 0 Å².